The number of aromatic nitrogens is 1. The van der Waals surface area contributed by atoms with Crippen LogP contribution in [0.1, 0.15) is 24.3 Å². The second-order valence-electron chi connectivity index (χ2n) is 5.11. The summed E-state index contributed by atoms with van der Waals surface area (Å²) >= 11 is 1.31. The number of carbonyl (C=O) groups excluding carboxylic acids is 1. The van der Waals surface area contributed by atoms with Gasteiger partial charge in [0, 0.05) is 29.9 Å². The van der Waals surface area contributed by atoms with Gasteiger partial charge in [-0.2, -0.15) is 18.2 Å². The van der Waals surface area contributed by atoms with Crippen LogP contribution in [0.15, 0.2) is 35.5 Å². The standard InChI is InChI=1S/C16H18F3N3OS/c1-4-21(5-2)14(23)20-15-22(10-11(3)24-15)13-8-6-12(7-9-13)16(17,18)19/h6-10H,4-5H2,1-3H3/b20-15-. The minimum absolute atomic E-state index is 0.359. The molecule has 2 aromatic rings. The summed E-state index contributed by atoms with van der Waals surface area (Å²) < 4.78 is 39.6. The average Bonchev–Trinajstić information content (AvgIpc) is 2.88. The van der Waals surface area contributed by atoms with Crippen molar-refractivity contribution in [3.05, 3.63) is 45.7 Å². The predicted molar refractivity (Wildman–Crippen MR) is 87.3 cm³/mol. The Kier molecular flexibility index (Phi) is 5.48. The van der Waals surface area contributed by atoms with Crippen molar-refractivity contribution in [2.75, 3.05) is 13.1 Å². The summed E-state index contributed by atoms with van der Waals surface area (Å²) in [5.74, 6) is 0. The quantitative estimate of drug-likeness (QED) is 0.810. The molecule has 0 aliphatic heterocycles. The molecule has 2 rings (SSSR count). The highest BCUT2D eigenvalue weighted by Gasteiger charge is 2.30. The molecule has 0 bridgehead atoms. The maximum absolute atomic E-state index is 12.7. The number of halogens is 3. The van der Waals surface area contributed by atoms with Crippen molar-refractivity contribution in [1.29, 1.82) is 0 Å². The Morgan fingerprint density at radius 3 is 2.29 bits per heavy atom. The lowest BCUT2D eigenvalue weighted by Gasteiger charge is -2.14. The predicted octanol–water partition coefficient (Wildman–Crippen LogP) is 4.23. The number of carbonyl (C=O) groups is 1. The number of nitrogens with zero attached hydrogens (tertiary/aromatic N) is 3. The van der Waals surface area contributed by atoms with E-state index in [1.807, 2.05) is 20.8 Å². The van der Waals surface area contributed by atoms with Gasteiger partial charge in [0.05, 0.1) is 5.56 Å². The van der Waals surface area contributed by atoms with Gasteiger partial charge in [-0.1, -0.05) is 0 Å². The van der Waals surface area contributed by atoms with Gasteiger partial charge in [-0.3, -0.25) is 4.57 Å². The fourth-order valence-corrected chi connectivity index (χ4v) is 3.00. The summed E-state index contributed by atoms with van der Waals surface area (Å²) in [6, 6.07) is 4.42. The van der Waals surface area contributed by atoms with Gasteiger partial charge in [-0.05, 0) is 45.0 Å². The van der Waals surface area contributed by atoms with Crippen LogP contribution in [0.2, 0.25) is 0 Å². The molecule has 1 aromatic heterocycles. The van der Waals surface area contributed by atoms with Crippen molar-refractivity contribution in [2.24, 2.45) is 4.99 Å². The molecule has 130 valence electrons. The highest BCUT2D eigenvalue weighted by molar-refractivity contribution is 7.09. The Morgan fingerprint density at radius 1 is 1.21 bits per heavy atom. The van der Waals surface area contributed by atoms with Crippen LogP contribution >= 0.6 is 11.3 Å². The first kappa shape index (κ1) is 18.3. The molecule has 0 aliphatic carbocycles. The molecule has 0 saturated carbocycles. The summed E-state index contributed by atoms with van der Waals surface area (Å²) in [6.07, 6.45) is -2.62. The average molecular weight is 357 g/mol. The second kappa shape index (κ2) is 7.21. The van der Waals surface area contributed by atoms with E-state index in [-0.39, 0.29) is 6.03 Å². The lowest BCUT2D eigenvalue weighted by atomic mass is 10.2. The zero-order valence-electron chi connectivity index (χ0n) is 13.6. The number of aryl methyl sites for hydroxylation is 1. The highest BCUT2D eigenvalue weighted by Crippen LogP contribution is 2.29. The number of hydrogen-bond acceptors (Lipinski definition) is 2. The molecule has 0 N–H and O–H groups in total. The van der Waals surface area contributed by atoms with Crippen molar-refractivity contribution in [3.8, 4) is 5.69 Å². The number of alkyl halides is 3. The van der Waals surface area contributed by atoms with E-state index >= 15 is 0 Å². The van der Waals surface area contributed by atoms with Gasteiger partial charge in [-0.25, -0.2) is 4.79 Å². The molecule has 0 radical (unpaired) electrons. The molecule has 0 spiro atoms. The zero-order chi connectivity index (χ0) is 17.9. The van der Waals surface area contributed by atoms with Gasteiger partial charge in [0.15, 0.2) is 4.80 Å². The first-order valence-corrected chi connectivity index (χ1v) is 8.28. The minimum Gasteiger partial charge on any atom is -0.323 e. The van der Waals surface area contributed by atoms with Crippen LogP contribution in [0.25, 0.3) is 5.69 Å². The summed E-state index contributed by atoms with van der Waals surface area (Å²) in [7, 11) is 0. The number of thiazole rings is 1. The largest absolute Gasteiger partial charge is 0.416 e. The molecule has 0 atom stereocenters. The zero-order valence-corrected chi connectivity index (χ0v) is 14.4. The molecule has 2 amide bonds. The minimum atomic E-state index is -4.38. The molecule has 0 unspecified atom stereocenters. The van der Waals surface area contributed by atoms with Crippen molar-refractivity contribution < 1.29 is 18.0 Å². The SMILES string of the molecule is CCN(CC)C(=O)/N=c1\sc(C)cn1-c1ccc(C(F)(F)F)cc1. The van der Waals surface area contributed by atoms with E-state index in [1.165, 1.54) is 23.5 Å². The molecule has 4 nitrogen and oxygen atoms in total. The third-order valence-electron chi connectivity index (χ3n) is 3.47. The lowest BCUT2D eigenvalue weighted by Crippen LogP contribution is -2.30. The van der Waals surface area contributed by atoms with Crippen LogP contribution in [0.5, 0.6) is 0 Å². The maximum Gasteiger partial charge on any atom is 0.416 e. The Bertz CT molecular complexity index is 771. The normalized spacial score (nSPS) is 12.5. The van der Waals surface area contributed by atoms with E-state index in [9.17, 15) is 18.0 Å². The van der Waals surface area contributed by atoms with E-state index in [1.54, 1.807) is 15.7 Å². The van der Waals surface area contributed by atoms with Crippen LogP contribution in [0, 0.1) is 6.92 Å². The topological polar surface area (TPSA) is 37.6 Å². The van der Waals surface area contributed by atoms with Crippen molar-refractivity contribution in [1.82, 2.24) is 9.47 Å². The van der Waals surface area contributed by atoms with E-state index in [0.717, 1.165) is 17.0 Å². The van der Waals surface area contributed by atoms with E-state index in [4.69, 9.17) is 0 Å². The third-order valence-corrected chi connectivity index (χ3v) is 4.37. The van der Waals surface area contributed by atoms with E-state index < -0.39 is 11.7 Å². The van der Waals surface area contributed by atoms with Gasteiger partial charge in [0.1, 0.15) is 0 Å². The fraction of sp³-hybridized carbons (Fsp3) is 0.375. The summed E-state index contributed by atoms with van der Waals surface area (Å²) in [6.45, 7) is 6.67. The van der Waals surface area contributed by atoms with Crippen LogP contribution in [0.3, 0.4) is 0 Å². The number of amides is 2. The summed E-state index contributed by atoms with van der Waals surface area (Å²) in [5.41, 5.74) is -0.185. The van der Waals surface area contributed by atoms with Gasteiger partial charge >= 0.3 is 12.2 Å². The smallest absolute Gasteiger partial charge is 0.323 e. The van der Waals surface area contributed by atoms with Crippen molar-refractivity contribution in [3.63, 3.8) is 0 Å². The molecule has 0 saturated heterocycles. The number of rotatable bonds is 3. The molecule has 8 heteroatoms. The summed E-state index contributed by atoms with van der Waals surface area (Å²) in [5, 5.41) is 0. The molecule has 0 fully saturated rings. The molecule has 1 aromatic carbocycles. The number of hydrogen-bond donors (Lipinski definition) is 0. The second-order valence-corrected chi connectivity index (χ2v) is 6.32. The Morgan fingerprint density at radius 2 is 1.79 bits per heavy atom. The molecule has 0 aliphatic rings. The van der Waals surface area contributed by atoms with Gasteiger partial charge in [0.25, 0.3) is 0 Å². The van der Waals surface area contributed by atoms with Gasteiger partial charge in [-0.15, -0.1) is 11.3 Å². The fourth-order valence-electron chi connectivity index (χ4n) is 2.18. The Labute approximate surface area is 141 Å². The molecule has 24 heavy (non-hydrogen) atoms. The maximum atomic E-state index is 12.7. The van der Waals surface area contributed by atoms with Crippen molar-refractivity contribution in [2.45, 2.75) is 26.9 Å². The number of benzene rings is 1. The van der Waals surface area contributed by atoms with E-state index in [0.29, 0.717) is 23.6 Å². The Hall–Kier alpha value is -2.09. The first-order chi connectivity index (χ1) is 11.3. The van der Waals surface area contributed by atoms with E-state index in [2.05, 4.69) is 4.99 Å². The van der Waals surface area contributed by atoms with Crippen molar-refractivity contribution >= 4 is 17.4 Å². The van der Waals surface area contributed by atoms with Crippen LogP contribution < -0.4 is 4.80 Å². The molecular weight excluding hydrogens is 339 g/mol. The Balaban J connectivity index is 2.44. The van der Waals surface area contributed by atoms with Crippen LogP contribution in [-0.2, 0) is 6.18 Å². The van der Waals surface area contributed by atoms with Crippen LogP contribution in [-0.4, -0.2) is 28.6 Å². The first-order valence-electron chi connectivity index (χ1n) is 7.46. The molecule has 1 heterocycles. The van der Waals surface area contributed by atoms with Crippen LogP contribution in [0.4, 0.5) is 18.0 Å². The van der Waals surface area contributed by atoms with Gasteiger partial charge < -0.3 is 4.90 Å². The summed E-state index contributed by atoms with van der Waals surface area (Å²) in [4.78, 5) is 19.2. The molecular formula is C16H18F3N3OS. The highest BCUT2D eigenvalue weighted by atomic mass is 32.1. The third kappa shape index (κ3) is 4.05. The number of urea groups is 1. The monoisotopic (exact) mass is 357 g/mol. The van der Waals surface area contributed by atoms with Gasteiger partial charge in [0.2, 0.25) is 0 Å². The lowest BCUT2D eigenvalue weighted by molar-refractivity contribution is -0.137.